The number of amides is 2. The summed E-state index contributed by atoms with van der Waals surface area (Å²) in [5, 5.41) is 2.88. The van der Waals surface area contributed by atoms with Gasteiger partial charge in [-0.25, -0.2) is 0 Å². The van der Waals surface area contributed by atoms with Crippen molar-refractivity contribution in [2.24, 2.45) is 0 Å². The second-order valence-corrected chi connectivity index (χ2v) is 7.28. The Morgan fingerprint density at radius 1 is 1.21 bits per heavy atom. The lowest BCUT2D eigenvalue weighted by Crippen LogP contribution is -2.44. The number of rotatable bonds is 6. The van der Waals surface area contributed by atoms with Crippen LogP contribution in [-0.2, 0) is 9.59 Å². The highest BCUT2D eigenvalue weighted by molar-refractivity contribution is 6.04. The molecule has 2 amide bonds. The van der Waals surface area contributed by atoms with Crippen LogP contribution < -0.4 is 15.0 Å². The molecule has 0 saturated carbocycles. The number of benzene rings is 2. The average Bonchev–Trinajstić information content (AvgIpc) is 2.77. The normalized spacial score (nSPS) is 16.4. The van der Waals surface area contributed by atoms with Gasteiger partial charge >= 0.3 is 0 Å². The number of fused-ring (bicyclic) bond motifs is 1. The van der Waals surface area contributed by atoms with Crippen LogP contribution in [0.5, 0.6) is 5.75 Å². The lowest BCUT2D eigenvalue weighted by Gasteiger charge is -2.29. The van der Waals surface area contributed by atoms with E-state index < -0.39 is 0 Å². The van der Waals surface area contributed by atoms with Gasteiger partial charge in [0.2, 0.25) is 11.8 Å². The third-order valence-electron chi connectivity index (χ3n) is 4.80. The molecular formula is C22H27N3O3. The van der Waals surface area contributed by atoms with Gasteiger partial charge < -0.3 is 15.0 Å². The number of carbonyl (C=O) groups excluding carboxylic acids is 2. The van der Waals surface area contributed by atoms with Gasteiger partial charge in [0.05, 0.1) is 17.9 Å². The van der Waals surface area contributed by atoms with E-state index >= 15 is 0 Å². The Balaban J connectivity index is 1.59. The molecule has 0 aromatic heterocycles. The molecule has 0 bridgehead atoms. The largest absolute Gasteiger partial charge is 0.492 e. The van der Waals surface area contributed by atoms with Crippen molar-refractivity contribution >= 4 is 23.2 Å². The number of likely N-dealkylation sites (N-methyl/N-ethyl adjacent to an activating group) is 1. The molecule has 2 aromatic rings. The van der Waals surface area contributed by atoms with E-state index in [-0.39, 0.29) is 30.8 Å². The molecule has 1 atom stereocenters. The Labute approximate surface area is 166 Å². The first kappa shape index (κ1) is 19.9. The fourth-order valence-corrected chi connectivity index (χ4v) is 3.31. The zero-order chi connectivity index (χ0) is 20.1. The fourth-order valence-electron chi connectivity index (χ4n) is 3.31. The lowest BCUT2D eigenvalue weighted by atomic mass is 10.1. The van der Waals surface area contributed by atoms with Crippen molar-refractivity contribution in [1.29, 1.82) is 0 Å². The number of carbonyl (C=O) groups is 2. The Bertz CT molecular complexity index is 835. The quantitative estimate of drug-likeness (QED) is 0.835. The van der Waals surface area contributed by atoms with Crippen molar-refractivity contribution in [3.8, 4) is 5.75 Å². The number of para-hydroxylation sites is 2. The van der Waals surface area contributed by atoms with E-state index in [0.717, 1.165) is 11.4 Å². The first-order valence-electron chi connectivity index (χ1n) is 9.53. The maximum absolute atomic E-state index is 13.0. The molecule has 1 heterocycles. The van der Waals surface area contributed by atoms with Gasteiger partial charge in [-0.15, -0.1) is 0 Å². The number of nitrogens with one attached hydrogen (secondary N) is 1. The van der Waals surface area contributed by atoms with Crippen LogP contribution in [0.2, 0.25) is 0 Å². The Hall–Kier alpha value is -2.86. The number of anilines is 2. The molecule has 1 unspecified atom stereocenters. The summed E-state index contributed by atoms with van der Waals surface area (Å²) in [6, 6.07) is 15.1. The Morgan fingerprint density at radius 3 is 2.68 bits per heavy atom. The molecule has 148 valence electrons. The van der Waals surface area contributed by atoms with E-state index in [9.17, 15) is 9.59 Å². The Morgan fingerprint density at radius 2 is 1.93 bits per heavy atom. The Kier molecular flexibility index (Phi) is 6.31. The number of hydrogen-bond donors (Lipinski definition) is 1. The van der Waals surface area contributed by atoms with Crippen molar-refractivity contribution in [1.82, 2.24) is 4.90 Å². The highest BCUT2D eigenvalue weighted by Crippen LogP contribution is 2.31. The van der Waals surface area contributed by atoms with Gasteiger partial charge in [-0.3, -0.25) is 14.5 Å². The van der Waals surface area contributed by atoms with Crippen LogP contribution in [0.4, 0.5) is 11.4 Å². The molecule has 0 fully saturated rings. The number of aryl methyl sites for hydroxylation is 1. The van der Waals surface area contributed by atoms with Gasteiger partial charge in [0, 0.05) is 19.0 Å². The molecule has 1 aliphatic rings. The van der Waals surface area contributed by atoms with Crippen LogP contribution >= 0.6 is 0 Å². The highest BCUT2D eigenvalue weighted by atomic mass is 16.5. The van der Waals surface area contributed by atoms with Crippen LogP contribution in [0, 0.1) is 6.92 Å². The smallest absolute Gasteiger partial charge is 0.241 e. The molecule has 0 saturated heterocycles. The zero-order valence-electron chi connectivity index (χ0n) is 16.6. The molecule has 3 rings (SSSR count). The highest BCUT2D eigenvalue weighted by Gasteiger charge is 2.29. The fraction of sp³-hybridized carbons (Fsp3) is 0.364. The van der Waals surface area contributed by atoms with Gasteiger partial charge in [-0.2, -0.15) is 0 Å². The third-order valence-corrected chi connectivity index (χ3v) is 4.80. The van der Waals surface area contributed by atoms with E-state index in [1.54, 1.807) is 4.90 Å². The summed E-state index contributed by atoms with van der Waals surface area (Å²) in [7, 11) is 1.90. The van der Waals surface area contributed by atoms with Crippen LogP contribution in [0.15, 0.2) is 48.5 Å². The topological polar surface area (TPSA) is 61.9 Å². The second-order valence-electron chi connectivity index (χ2n) is 7.28. The minimum atomic E-state index is -0.201. The van der Waals surface area contributed by atoms with Crippen molar-refractivity contribution in [2.75, 3.05) is 37.0 Å². The minimum absolute atomic E-state index is 0.0331. The number of nitrogens with zero attached hydrogens (tertiary/aromatic N) is 2. The van der Waals surface area contributed by atoms with E-state index in [0.29, 0.717) is 18.8 Å². The van der Waals surface area contributed by atoms with Gasteiger partial charge in [0.25, 0.3) is 0 Å². The summed E-state index contributed by atoms with van der Waals surface area (Å²) >= 11 is 0. The first-order chi connectivity index (χ1) is 13.4. The molecule has 0 radical (unpaired) electrons. The maximum Gasteiger partial charge on any atom is 0.241 e. The summed E-state index contributed by atoms with van der Waals surface area (Å²) in [5.41, 5.74) is 2.61. The van der Waals surface area contributed by atoms with Crippen molar-refractivity contribution < 1.29 is 14.3 Å². The predicted molar refractivity (Wildman–Crippen MR) is 111 cm³/mol. The van der Waals surface area contributed by atoms with Gasteiger partial charge in [-0.1, -0.05) is 29.8 Å². The van der Waals surface area contributed by atoms with E-state index in [4.69, 9.17) is 4.74 Å². The predicted octanol–water partition coefficient (Wildman–Crippen LogP) is 3.07. The molecule has 6 heteroatoms. The second kappa shape index (κ2) is 8.89. The standard InChI is InChI=1S/C22H27N3O3/c1-16-8-10-18(11-9-16)28-13-12-24(3)15-22(27)25-17(2)14-21(26)23-19-6-4-5-7-20(19)25/h4-11,17H,12-15H2,1-3H3,(H,23,26). The lowest BCUT2D eigenvalue weighted by molar-refractivity contribution is -0.120. The van der Waals surface area contributed by atoms with Gasteiger partial charge in [0.1, 0.15) is 12.4 Å². The average molecular weight is 381 g/mol. The minimum Gasteiger partial charge on any atom is -0.492 e. The van der Waals surface area contributed by atoms with E-state index in [1.807, 2.05) is 74.3 Å². The van der Waals surface area contributed by atoms with Crippen LogP contribution in [0.1, 0.15) is 18.9 Å². The maximum atomic E-state index is 13.0. The van der Waals surface area contributed by atoms with Crippen molar-refractivity contribution in [2.45, 2.75) is 26.3 Å². The number of ether oxygens (including phenoxy) is 1. The monoisotopic (exact) mass is 381 g/mol. The summed E-state index contributed by atoms with van der Waals surface area (Å²) in [6.07, 6.45) is 0.278. The summed E-state index contributed by atoms with van der Waals surface area (Å²) < 4.78 is 5.75. The molecular weight excluding hydrogens is 354 g/mol. The van der Waals surface area contributed by atoms with E-state index in [2.05, 4.69) is 5.32 Å². The zero-order valence-corrected chi connectivity index (χ0v) is 16.6. The molecule has 6 nitrogen and oxygen atoms in total. The summed E-state index contributed by atoms with van der Waals surface area (Å²) in [6.45, 7) is 5.32. The first-order valence-corrected chi connectivity index (χ1v) is 9.53. The van der Waals surface area contributed by atoms with Crippen molar-refractivity contribution in [3.63, 3.8) is 0 Å². The van der Waals surface area contributed by atoms with Crippen molar-refractivity contribution in [3.05, 3.63) is 54.1 Å². The summed E-state index contributed by atoms with van der Waals surface area (Å²) in [5.74, 6) is 0.717. The van der Waals surface area contributed by atoms with Crippen LogP contribution in [0.25, 0.3) is 0 Å². The molecule has 28 heavy (non-hydrogen) atoms. The molecule has 0 spiro atoms. The molecule has 2 aromatic carbocycles. The third kappa shape index (κ3) is 4.89. The SMILES string of the molecule is Cc1ccc(OCCN(C)CC(=O)N2c3ccccc3NC(=O)CC2C)cc1. The summed E-state index contributed by atoms with van der Waals surface area (Å²) in [4.78, 5) is 28.7. The number of hydrogen-bond acceptors (Lipinski definition) is 4. The molecule has 0 aliphatic carbocycles. The molecule has 1 aliphatic heterocycles. The van der Waals surface area contributed by atoms with E-state index in [1.165, 1.54) is 5.56 Å². The van der Waals surface area contributed by atoms with Crippen LogP contribution in [0.3, 0.4) is 0 Å². The van der Waals surface area contributed by atoms with Crippen LogP contribution in [-0.4, -0.2) is 49.5 Å². The molecule has 1 N–H and O–H groups in total. The van der Waals surface area contributed by atoms with Gasteiger partial charge in [0.15, 0.2) is 0 Å². The van der Waals surface area contributed by atoms with Gasteiger partial charge in [-0.05, 0) is 45.2 Å².